The summed E-state index contributed by atoms with van der Waals surface area (Å²) in [5.74, 6) is -1.32. The van der Waals surface area contributed by atoms with Gasteiger partial charge in [-0.15, -0.1) is 0 Å². The molecule has 0 unspecified atom stereocenters. The Bertz CT molecular complexity index is 1190. The molecule has 0 heterocycles. The third-order valence-electron chi connectivity index (χ3n) is 5.17. The molecule has 0 fully saturated rings. The highest BCUT2D eigenvalue weighted by molar-refractivity contribution is 6.12. The lowest BCUT2D eigenvalue weighted by atomic mass is 10.0. The third kappa shape index (κ3) is 6.13. The van der Waals surface area contributed by atoms with Crippen LogP contribution in [-0.4, -0.2) is 41.5 Å². The van der Waals surface area contributed by atoms with Crippen molar-refractivity contribution >= 4 is 23.5 Å². The van der Waals surface area contributed by atoms with Crippen molar-refractivity contribution in [1.29, 1.82) is 0 Å². The van der Waals surface area contributed by atoms with Gasteiger partial charge in [0, 0.05) is 40.9 Å². The number of hydrogen-bond donors (Lipinski definition) is 1. The van der Waals surface area contributed by atoms with Crippen LogP contribution in [-0.2, 0) is 4.79 Å². The molecule has 6 nitrogen and oxygen atoms in total. The number of rotatable bonds is 9. The summed E-state index contributed by atoms with van der Waals surface area (Å²) in [7, 11) is 0. The van der Waals surface area contributed by atoms with E-state index in [1.54, 1.807) is 85.8 Å². The highest BCUT2D eigenvalue weighted by atomic mass is 16.2. The van der Waals surface area contributed by atoms with Crippen molar-refractivity contribution in [2.75, 3.05) is 13.1 Å². The molecule has 3 rings (SSSR count). The van der Waals surface area contributed by atoms with Crippen LogP contribution in [0.5, 0.6) is 0 Å². The van der Waals surface area contributed by atoms with Crippen LogP contribution >= 0.6 is 0 Å². The Morgan fingerprint density at radius 2 is 1.15 bits per heavy atom. The fourth-order valence-corrected chi connectivity index (χ4v) is 3.30. The summed E-state index contributed by atoms with van der Waals surface area (Å²) in [5, 5.41) is 2.71. The van der Waals surface area contributed by atoms with Crippen LogP contribution in [0.25, 0.3) is 0 Å². The van der Waals surface area contributed by atoms with Crippen LogP contribution in [0.3, 0.4) is 0 Å². The maximum atomic E-state index is 13.3. The number of nitrogens with one attached hydrogen (secondary N) is 1. The van der Waals surface area contributed by atoms with Crippen LogP contribution in [0.1, 0.15) is 50.0 Å². The first kappa shape index (κ1) is 24.3. The summed E-state index contributed by atoms with van der Waals surface area (Å²) in [6.45, 7) is 5.61. The molecule has 0 aliphatic carbocycles. The maximum absolute atomic E-state index is 13.3. The zero-order chi connectivity index (χ0) is 24.5. The molecule has 0 bridgehead atoms. The second-order valence-electron chi connectivity index (χ2n) is 7.79. The number of imide groups is 1. The summed E-state index contributed by atoms with van der Waals surface area (Å²) < 4.78 is 0. The molecule has 0 spiro atoms. The van der Waals surface area contributed by atoms with E-state index >= 15 is 0 Å². The molecule has 0 radical (unpaired) electrons. The lowest BCUT2D eigenvalue weighted by Gasteiger charge is -2.21. The first-order valence-electron chi connectivity index (χ1n) is 10.9. The molecule has 3 amide bonds. The number of amides is 3. The molecule has 3 aromatic carbocycles. The second kappa shape index (κ2) is 11.5. The fraction of sp³-hybridized carbons (Fsp3) is 0.143. The minimum atomic E-state index is -0.473. The van der Waals surface area contributed by atoms with Gasteiger partial charge in [0.2, 0.25) is 5.91 Å². The fourth-order valence-electron chi connectivity index (χ4n) is 3.30. The number of nitrogens with zero attached hydrogens (tertiary/aromatic N) is 1. The Hall–Kier alpha value is -4.32. The predicted octanol–water partition coefficient (Wildman–Crippen LogP) is 4.28. The minimum absolute atomic E-state index is 0.119. The molecule has 0 saturated carbocycles. The van der Waals surface area contributed by atoms with Crippen LogP contribution in [0, 0.1) is 0 Å². The van der Waals surface area contributed by atoms with Crippen molar-refractivity contribution in [1.82, 2.24) is 10.2 Å². The van der Waals surface area contributed by atoms with Crippen molar-refractivity contribution < 1.29 is 19.2 Å². The Labute approximate surface area is 198 Å². The van der Waals surface area contributed by atoms with Gasteiger partial charge in [0.05, 0.1) is 0 Å². The van der Waals surface area contributed by atoms with E-state index in [9.17, 15) is 19.2 Å². The summed E-state index contributed by atoms with van der Waals surface area (Å²) in [6, 6.07) is 23.7. The van der Waals surface area contributed by atoms with Crippen molar-refractivity contribution in [3.63, 3.8) is 0 Å². The predicted molar refractivity (Wildman–Crippen MR) is 131 cm³/mol. The number of ketones is 1. The molecule has 0 saturated heterocycles. The molecule has 0 aromatic heterocycles. The first-order chi connectivity index (χ1) is 16.4. The average Bonchev–Trinajstić information content (AvgIpc) is 2.88. The van der Waals surface area contributed by atoms with Crippen molar-refractivity contribution in [2.24, 2.45) is 0 Å². The minimum Gasteiger partial charge on any atom is -0.352 e. The SMILES string of the molecule is C=C(C)C(=O)NCCCN(C(=O)c1ccccc1)C(=O)c1ccc(C(=O)c2ccccc2)cc1. The number of benzene rings is 3. The highest BCUT2D eigenvalue weighted by Gasteiger charge is 2.24. The van der Waals surface area contributed by atoms with E-state index in [4.69, 9.17) is 0 Å². The van der Waals surface area contributed by atoms with Crippen LogP contribution < -0.4 is 5.32 Å². The topological polar surface area (TPSA) is 83.6 Å². The molecule has 0 atom stereocenters. The van der Waals surface area contributed by atoms with Crippen molar-refractivity contribution in [3.05, 3.63) is 119 Å². The molecule has 0 aliphatic rings. The summed E-state index contributed by atoms with van der Waals surface area (Å²) in [6.07, 6.45) is 0.383. The Balaban J connectivity index is 1.77. The number of carbonyl (C=O) groups excluding carboxylic acids is 4. The highest BCUT2D eigenvalue weighted by Crippen LogP contribution is 2.15. The van der Waals surface area contributed by atoms with E-state index in [1.807, 2.05) is 6.07 Å². The van der Waals surface area contributed by atoms with Gasteiger partial charge in [0.15, 0.2) is 5.78 Å². The standard InChI is InChI=1S/C28H26N2O4/c1-20(2)26(32)29-18-9-19-30(27(33)23-12-7-4-8-13-23)28(34)24-16-14-22(15-17-24)25(31)21-10-5-3-6-11-21/h3-8,10-17H,1,9,18-19H2,2H3,(H,29,32). The van der Waals surface area contributed by atoms with E-state index in [1.165, 1.54) is 0 Å². The Morgan fingerprint density at radius 1 is 0.706 bits per heavy atom. The second-order valence-corrected chi connectivity index (χ2v) is 7.79. The van der Waals surface area contributed by atoms with E-state index in [0.717, 1.165) is 4.90 Å². The third-order valence-corrected chi connectivity index (χ3v) is 5.17. The van der Waals surface area contributed by atoms with Gasteiger partial charge in [-0.2, -0.15) is 0 Å². The zero-order valence-electron chi connectivity index (χ0n) is 19.0. The largest absolute Gasteiger partial charge is 0.352 e. The average molecular weight is 455 g/mol. The quantitative estimate of drug-likeness (QED) is 0.226. The lowest BCUT2D eigenvalue weighted by molar-refractivity contribution is -0.117. The first-order valence-corrected chi connectivity index (χ1v) is 10.9. The van der Waals surface area contributed by atoms with E-state index < -0.39 is 11.8 Å². The van der Waals surface area contributed by atoms with Crippen molar-refractivity contribution in [3.8, 4) is 0 Å². The molecule has 3 aromatic rings. The molecule has 6 heteroatoms. The van der Waals surface area contributed by atoms with Gasteiger partial charge in [-0.3, -0.25) is 24.1 Å². The molecular formula is C28H26N2O4. The van der Waals surface area contributed by atoms with E-state index in [-0.39, 0.29) is 18.2 Å². The van der Waals surface area contributed by atoms with Crippen molar-refractivity contribution in [2.45, 2.75) is 13.3 Å². The van der Waals surface area contributed by atoms with Gasteiger partial charge in [-0.1, -0.05) is 67.2 Å². The van der Waals surface area contributed by atoms with Gasteiger partial charge >= 0.3 is 0 Å². The van der Waals surface area contributed by atoms with Gasteiger partial charge in [-0.25, -0.2) is 0 Å². The smallest absolute Gasteiger partial charge is 0.260 e. The zero-order valence-corrected chi connectivity index (χ0v) is 19.0. The van der Waals surface area contributed by atoms with Crippen LogP contribution in [0.15, 0.2) is 97.1 Å². The summed E-state index contributed by atoms with van der Waals surface area (Å²) >= 11 is 0. The lowest BCUT2D eigenvalue weighted by Crippen LogP contribution is -2.39. The van der Waals surface area contributed by atoms with Crippen LogP contribution in [0.2, 0.25) is 0 Å². The van der Waals surface area contributed by atoms with E-state index in [2.05, 4.69) is 11.9 Å². The van der Waals surface area contributed by atoms with E-state index in [0.29, 0.717) is 40.8 Å². The maximum Gasteiger partial charge on any atom is 0.260 e. The van der Waals surface area contributed by atoms with Crippen LogP contribution in [0.4, 0.5) is 0 Å². The van der Waals surface area contributed by atoms with Gasteiger partial charge < -0.3 is 5.32 Å². The monoisotopic (exact) mass is 454 g/mol. The Kier molecular flexibility index (Phi) is 8.24. The van der Waals surface area contributed by atoms with Gasteiger partial charge in [0.1, 0.15) is 0 Å². The molecule has 34 heavy (non-hydrogen) atoms. The molecule has 0 aliphatic heterocycles. The summed E-state index contributed by atoms with van der Waals surface area (Å²) in [5.41, 5.74) is 2.07. The van der Waals surface area contributed by atoms with Gasteiger partial charge in [0.25, 0.3) is 11.8 Å². The number of carbonyl (C=O) groups is 4. The molecular weight excluding hydrogens is 428 g/mol. The normalized spacial score (nSPS) is 10.3. The number of hydrogen-bond acceptors (Lipinski definition) is 4. The molecule has 1 N–H and O–H groups in total. The summed E-state index contributed by atoms with van der Waals surface area (Å²) in [4.78, 5) is 51.9. The van der Waals surface area contributed by atoms with Gasteiger partial charge in [-0.05, 0) is 37.6 Å². The molecule has 172 valence electrons. The Morgan fingerprint density at radius 3 is 1.68 bits per heavy atom.